The SMILES string of the molecule is CC1(C)CC(=O)c2ccn(-c3c(Br)cc(Br)cc3Br)c2C1. The Hall–Kier alpha value is -0.390. The Morgan fingerprint density at radius 2 is 1.71 bits per heavy atom. The molecule has 1 aliphatic rings. The van der Waals surface area contributed by atoms with E-state index in [-0.39, 0.29) is 11.2 Å². The van der Waals surface area contributed by atoms with E-state index >= 15 is 0 Å². The van der Waals surface area contributed by atoms with Gasteiger partial charge in [-0.15, -0.1) is 0 Å². The van der Waals surface area contributed by atoms with Gasteiger partial charge in [0.1, 0.15) is 0 Å². The van der Waals surface area contributed by atoms with E-state index < -0.39 is 0 Å². The molecule has 110 valence electrons. The van der Waals surface area contributed by atoms with E-state index in [2.05, 4.69) is 66.2 Å². The highest BCUT2D eigenvalue weighted by molar-refractivity contribution is 9.11. The fourth-order valence-corrected chi connectivity index (χ4v) is 5.56. The first kappa shape index (κ1) is 15.5. The van der Waals surface area contributed by atoms with Crippen LogP contribution < -0.4 is 0 Å². The van der Waals surface area contributed by atoms with E-state index in [1.807, 2.05) is 24.4 Å². The zero-order valence-corrected chi connectivity index (χ0v) is 16.5. The van der Waals surface area contributed by atoms with Gasteiger partial charge >= 0.3 is 0 Å². The third-order valence-corrected chi connectivity index (χ3v) is 5.47. The van der Waals surface area contributed by atoms with Gasteiger partial charge < -0.3 is 4.57 Å². The van der Waals surface area contributed by atoms with Crippen LogP contribution in [0.25, 0.3) is 5.69 Å². The highest BCUT2D eigenvalue weighted by atomic mass is 79.9. The molecular weight excluding hydrogens is 462 g/mol. The first-order valence-corrected chi connectivity index (χ1v) is 9.05. The lowest BCUT2D eigenvalue weighted by Crippen LogP contribution is -2.27. The van der Waals surface area contributed by atoms with Crippen molar-refractivity contribution in [2.75, 3.05) is 0 Å². The lowest BCUT2D eigenvalue weighted by molar-refractivity contribution is 0.0911. The Morgan fingerprint density at radius 3 is 2.33 bits per heavy atom. The Kier molecular flexibility index (Phi) is 3.95. The van der Waals surface area contributed by atoms with Crippen molar-refractivity contribution in [3.05, 3.63) is 49.1 Å². The lowest BCUT2D eigenvalue weighted by Gasteiger charge is -2.30. The summed E-state index contributed by atoms with van der Waals surface area (Å²) in [6.07, 6.45) is 3.51. The molecule has 0 radical (unpaired) electrons. The van der Waals surface area contributed by atoms with Crippen LogP contribution in [0.15, 0.2) is 37.8 Å². The summed E-state index contributed by atoms with van der Waals surface area (Å²) in [6, 6.07) is 5.97. The molecule has 0 amide bonds. The maximum Gasteiger partial charge on any atom is 0.165 e. The van der Waals surface area contributed by atoms with Crippen LogP contribution in [-0.2, 0) is 6.42 Å². The summed E-state index contributed by atoms with van der Waals surface area (Å²) < 4.78 is 5.09. The van der Waals surface area contributed by atoms with Crippen molar-refractivity contribution in [3.63, 3.8) is 0 Å². The molecule has 3 rings (SSSR count). The van der Waals surface area contributed by atoms with E-state index in [9.17, 15) is 4.79 Å². The molecule has 2 aromatic rings. The van der Waals surface area contributed by atoms with Crippen LogP contribution in [0.3, 0.4) is 0 Å². The van der Waals surface area contributed by atoms with Gasteiger partial charge in [0.05, 0.1) is 5.69 Å². The molecule has 5 heteroatoms. The number of ketones is 1. The second-order valence-corrected chi connectivity index (χ2v) is 8.83. The Bertz CT molecular complexity index is 723. The van der Waals surface area contributed by atoms with Gasteiger partial charge in [-0.2, -0.15) is 0 Å². The van der Waals surface area contributed by atoms with E-state index in [1.165, 1.54) is 0 Å². The first-order valence-electron chi connectivity index (χ1n) is 6.67. The summed E-state index contributed by atoms with van der Waals surface area (Å²) in [6.45, 7) is 4.30. The minimum atomic E-state index is 0.00844. The number of fused-ring (bicyclic) bond motifs is 1. The second-order valence-electron chi connectivity index (χ2n) is 6.21. The molecule has 1 aliphatic carbocycles. The number of Topliss-reactive ketones (excluding diaryl/α,β-unsaturated/α-hetero) is 1. The smallest absolute Gasteiger partial charge is 0.165 e. The summed E-state index contributed by atoms with van der Waals surface area (Å²) in [5.74, 6) is 0.240. The van der Waals surface area contributed by atoms with Crippen molar-refractivity contribution < 1.29 is 4.79 Å². The highest BCUT2D eigenvalue weighted by Crippen LogP contribution is 2.39. The van der Waals surface area contributed by atoms with Crippen molar-refractivity contribution in [2.45, 2.75) is 26.7 Å². The van der Waals surface area contributed by atoms with Crippen molar-refractivity contribution in [1.29, 1.82) is 0 Å². The van der Waals surface area contributed by atoms with Crippen molar-refractivity contribution in [3.8, 4) is 5.69 Å². The van der Waals surface area contributed by atoms with Crippen molar-refractivity contribution in [2.24, 2.45) is 5.41 Å². The van der Waals surface area contributed by atoms with E-state index in [0.717, 1.165) is 36.8 Å². The summed E-state index contributed by atoms with van der Waals surface area (Å²) in [5.41, 5.74) is 3.00. The monoisotopic (exact) mass is 473 g/mol. The number of hydrogen-bond acceptors (Lipinski definition) is 1. The lowest BCUT2D eigenvalue weighted by atomic mass is 9.76. The van der Waals surface area contributed by atoms with Gasteiger partial charge in [0, 0.05) is 37.3 Å². The fourth-order valence-electron chi connectivity index (χ4n) is 2.92. The number of nitrogens with zero attached hydrogens (tertiary/aromatic N) is 1. The van der Waals surface area contributed by atoms with E-state index in [4.69, 9.17) is 0 Å². The molecule has 0 aliphatic heterocycles. The number of benzene rings is 1. The molecule has 0 spiro atoms. The molecule has 0 unspecified atom stereocenters. The zero-order chi connectivity index (χ0) is 15.4. The molecule has 0 atom stereocenters. The Morgan fingerprint density at radius 1 is 1.10 bits per heavy atom. The minimum Gasteiger partial charge on any atom is -0.318 e. The molecule has 2 nitrogen and oxygen atoms in total. The molecule has 1 heterocycles. The number of carbonyl (C=O) groups is 1. The molecule has 0 fully saturated rings. The van der Waals surface area contributed by atoms with Gasteiger partial charge in [0.15, 0.2) is 5.78 Å². The van der Waals surface area contributed by atoms with Crippen LogP contribution in [0.1, 0.15) is 36.3 Å². The number of rotatable bonds is 1. The predicted molar refractivity (Wildman–Crippen MR) is 95.3 cm³/mol. The van der Waals surface area contributed by atoms with E-state index in [1.54, 1.807) is 0 Å². The molecule has 0 N–H and O–H groups in total. The summed E-state index contributed by atoms with van der Waals surface area (Å²) in [4.78, 5) is 12.3. The molecule has 0 bridgehead atoms. The highest BCUT2D eigenvalue weighted by Gasteiger charge is 2.33. The Balaban J connectivity index is 2.21. The molecular formula is C16H14Br3NO. The van der Waals surface area contributed by atoms with E-state index in [0.29, 0.717) is 6.42 Å². The summed E-state index contributed by atoms with van der Waals surface area (Å²) >= 11 is 10.7. The molecule has 0 saturated heterocycles. The third kappa shape index (κ3) is 2.80. The second kappa shape index (κ2) is 5.36. The molecule has 1 aromatic heterocycles. The first-order chi connectivity index (χ1) is 9.78. The average Bonchev–Trinajstić information content (AvgIpc) is 2.70. The minimum absolute atomic E-state index is 0.00844. The number of halogens is 3. The number of aromatic nitrogens is 1. The van der Waals surface area contributed by atoms with Gasteiger partial charge in [-0.1, -0.05) is 29.8 Å². The zero-order valence-electron chi connectivity index (χ0n) is 11.7. The van der Waals surface area contributed by atoms with Crippen LogP contribution in [0, 0.1) is 5.41 Å². The largest absolute Gasteiger partial charge is 0.318 e. The summed E-state index contributed by atoms with van der Waals surface area (Å²) in [7, 11) is 0. The predicted octanol–water partition coefficient (Wildman–Crippen LogP) is 5.92. The van der Waals surface area contributed by atoms with Gasteiger partial charge in [-0.3, -0.25) is 4.79 Å². The maximum atomic E-state index is 12.3. The van der Waals surface area contributed by atoms with Gasteiger partial charge in [-0.05, 0) is 61.9 Å². The maximum absolute atomic E-state index is 12.3. The van der Waals surface area contributed by atoms with Crippen LogP contribution in [0.5, 0.6) is 0 Å². The third-order valence-electron chi connectivity index (χ3n) is 3.80. The quantitative estimate of drug-likeness (QED) is 0.501. The average molecular weight is 476 g/mol. The van der Waals surface area contributed by atoms with Gasteiger partial charge in [0.2, 0.25) is 0 Å². The number of carbonyl (C=O) groups excluding carboxylic acids is 1. The van der Waals surface area contributed by atoms with Crippen molar-refractivity contribution >= 4 is 53.6 Å². The van der Waals surface area contributed by atoms with Gasteiger partial charge in [0.25, 0.3) is 0 Å². The van der Waals surface area contributed by atoms with Crippen LogP contribution in [0.4, 0.5) is 0 Å². The summed E-state index contributed by atoms with van der Waals surface area (Å²) in [5, 5.41) is 0. The molecule has 0 saturated carbocycles. The standard InChI is InChI=1S/C16H14Br3NO/c1-16(2)7-13-10(14(21)8-16)3-4-20(13)15-11(18)5-9(17)6-12(15)19/h3-6H,7-8H2,1-2H3. The van der Waals surface area contributed by atoms with Gasteiger partial charge in [-0.25, -0.2) is 0 Å². The van der Waals surface area contributed by atoms with Crippen LogP contribution >= 0.6 is 47.8 Å². The van der Waals surface area contributed by atoms with Crippen molar-refractivity contribution in [1.82, 2.24) is 4.57 Å². The Labute approximate surface area is 149 Å². The fraction of sp³-hybridized carbons (Fsp3) is 0.312. The normalized spacial score (nSPS) is 16.9. The molecule has 21 heavy (non-hydrogen) atoms. The number of hydrogen-bond donors (Lipinski definition) is 0. The molecule has 1 aromatic carbocycles. The topological polar surface area (TPSA) is 22.0 Å². The van der Waals surface area contributed by atoms with Crippen LogP contribution in [-0.4, -0.2) is 10.4 Å². The van der Waals surface area contributed by atoms with Crippen LogP contribution in [0.2, 0.25) is 0 Å².